The number of hydrogen-bond donors (Lipinski definition) is 2. The highest BCUT2D eigenvalue weighted by molar-refractivity contribution is 7.19. The van der Waals surface area contributed by atoms with Crippen molar-refractivity contribution in [1.29, 1.82) is 5.26 Å². The molecule has 9 nitrogen and oxygen atoms in total. The van der Waals surface area contributed by atoms with Gasteiger partial charge in [-0.1, -0.05) is 0 Å². The lowest BCUT2D eigenvalue weighted by Gasteiger charge is -2.38. The molecule has 0 bridgehead atoms. The van der Waals surface area contributed by atoms with Gasteiger partial charge in [0.1, 0.15) is 0 Å². The smallest absolute Gasteiger partial charge is 0.290 e. The maximum absolute atomic E-state index is 12.4. The molecule has 1 atom stereocenters. The summed E-state index contributed by atoms with van der Waals surface area (Å²) >= 11 is 1.65. The van der Waals surface area contributed by atoms with Crippen LogP contribution >= 0.6 is 11.3 Å². The summed E-state index contributed by atoms with van der Waals surface area (Å²) in [5.74, 6) is 0. The molecule has 1 fully saturated rings. The fraction of sp³-hybridized carbons (Fsp3) is 0.367. The number of carboxylic acid groups (broad SMARTS) is 1. The molecule has 0 spiro atoms. The summed E-state index contributed by atoms with van der Waals surface area (Å²) in [5, 5.41) is 24.7. The molecule has 5 heterocycles. The van der Waals surface area contributed by atoms with Crippen LogP contribution in [0.25, 0.3) is 21.3 Å². The fourth-order valence-electron chi connectivity index (χ4n) is 5.83. The van der Waals surface area contributed by atoms with Gasteiger partial charge < -0.3 is 15.3 Å². The predicted molar refractivity (Wildman–Crippen MR) is 157 cm³/mol. The van der Waals surface area contributed by atoms with Gasteiger partial charge in [-0.3, -0.25) is 14.6 Å². The standard InChI is InChI=1S/C29H30N6OS.CH2O2/c1-18-9-26(36)35(33-15-18)17-22-12-25-28(37-22)23(6-7-31-25)24-11-19(14-30)10-20-5-4-8-34(27(20)24)21-13-29(2,3)32-16-21;2-1-3/h6-7,9-12,15,21,32H,4-5,8,13,16-17H2,1-3H3;1H,(H,2,3)/t21-;/m0./s1. The van der Waals surface area contributed by atoms with Crippen LogP contribution in [0.3, 0.4) is 0 Å². The summed E-state index contributed by atoms with van der Waals surface area (Å²) in [6, 6.07) is 12.7. The Balaban J connectivity index is 0.00000103. The van der Waals surface area contributed by atoms with E-state index in [4.69, 9.17) is 9.90 Å². The number of aryl methyl sites for hydroxylation is 2. The molecule has 4 aromatic rings. The first kappa shape index (κ1) is 27.5. The van der Waals surface area contributed by atoms with Gasteiger partial charge in [0, 0.05) is 58.6 Å². The summed E-state index contributed by atoms with van der Waals surface area (Å²) < 4.78 is 2.57. The molecule has 40 heavy (non-hydrogen) atoms. The van der Waals surface area contributed by atoms with E-state index in [0.717, 1.165) is 64.1 Å². The minimum atomic E-state index is -0.250. The van der Waals surface area contributed by atoms with Crippen LogP contribution in [0.15, 0.2) is 47.5 Å². The van der Waals surface area contributed by atoms with Gasteiger partial charge in [-0.25, -0.2) is 4.68 Å². The van der Waals surface area contributed by atoms with Crippen LogP contribution in [-0.4, -0.2) is 51.0 Å². The molecular weight excluding hydrogens is 524 g/mol. The Morgan fingerprint density at radius 3 is 2.77 bits per heavy atom. The van der Waals surface area contributed by atoms with Crippen molar-refractivity contribution >= 4 is 33.7 Å². The first-order chi connectivity index (χ1) is 19.2. The third-order valence-corrected chi connectivity index (χ3v) is 8.66. The Morgan fingerprint density at radius 2 is 2.08 bits per heavy atom. The average molecular weight is 557 g/mol. The van der Waals surface area contributed by atoms with Gasteiger partial charge in [-0.2, -0.15) is 10.4 Å². The van der Waals surface area contributed by atoms with Gasteiger partial charge in [0.25, 0.3) is 12.0 Å². The third-order valence-electron chi connectivity index (χ3n) is 7.52. The summed E-state index contributed by atoms with van der Waals surface area (Å²) in [4.78, 5) is 29.0. The molecule has 1 saturated heterocycles. The normalized spacial score (nSPS) is 17.6. The number of thiophene rings is 1. The van der Waals surface area contributed by atoms with E-state index in [1.165, 1.54) is 15.9 Å². The summed E-state index contributed by atoms with van der Waals surface area (Å²) in [5.41, 5.74) is 7.16. The minimum absolute atomic E-state index is 0.106. The Kier molecular flexibility index (Phi) is 7.70. The van der Waals surface area contributed by atoms with Gasteiger partial charge in [-0.15, -0.1) is 11.3 Å². The van der Waals surface area contributed by atoms with Crippen molar-refractivity contribution in [3.05, 3.63) is 74.6 Å². The Hall–Kier alpha value is -4.07. The number of fused-ring (bicyclic) bond motifs is 2. The Bertz CT molecular complexity index is 1670. The van der Waals surface area contributed by atoms with Crippen LogP contribution in [0.1, 0.15) is 48.3 Å². The van der Waals surface area contributed by atoms with Crippen LogP contribution in [-0.2, 0) is 17.8 Å². The molecule has 2 N–H and O–H groups in total. The number of nitriles is 1. The minimum Gasteiger partial charge on any atom is -0.483 e. The highest BCUT2D eigenvalue weighted by atomic mass is 32.1. The van der Waals surface area contributed by atoms with E-state index in [0.29, 0.717) is 18.2 Å². The van der Waals surface area contributed by atoms with Gasteiger partial charge >= 0.3 is 0 Å². The van der Waals surface area contributed by atoms with Crippen molar-refractivity contribution in [2.45, 2.75) is 58.2 Å². The number of aromatic nitrogens is 3. The zero-order valence-corrected chi connectivity index (χ0v) is 23.7. The third kappa shape index (κ3) is 5.48. The number of nitrogens with zero attached hydrogens (tertiary/aromatic N) is 5. The summed E-state index contributed by atoms with van der Waals surface area (Å²) in [6.45, 7) is 8.54. The topological polar surface area (TPSA) is 124 Å². The molecule has 2 aliphatic rings. The molecule has 6 rings (SSSR count). The van der Waals surface area contributed by atoms with E-state index in [1.807, 2.05) is 19.2 Å². The molecule has 0 radical (unpaired) electrons. The largest absolute Gasteiger partial charge is 0.483 e. The SMILES string of the molecule is Cc1cnn(Cc2cc3nccc(-c4cc(C#N)cc5c4N([C@@H]4CNC(C)(C)C4)CCC5)c3s2)c(=O)c1.O=CO. The number of carbonyl (C=O) groups is 1. The molecule has 0 amide bonds. The second kappa shape index (κ2) is 11.2. The first-order valence-corrected chi connectivity index (χ1v) is 14.1. The second-order valence-electron chi connectivity index (χ2n) is 11.0. The lowest BCUT2D eigenvalue weighted by molar-refractivity contribution is -0.122. The van der Waals surface area contributed by atoms with Gasteiger partial charge in [0.2, 0.25) is 0 Å². The van der Waals surface area contributed by atoms with E-state index in [-0.39, 0.29) is 17.6 Å². The fourth-order valence-corrected chi connectivity index (χ4v) is 6.95. The highest BCUT2D eigenvalue weighted by Crippen LogP contribution is 2.44. The summed E-state index contributed by atoms with van der Waals surface area (Å²) in [6.07, 6.45) is 6.71. The quantitative estimate of drug-likeness (QED) is 0.356. The van der Waals surface area contributed by atoms with Crippen molar-refractivity contribution in [3.8, 4) is 17.2 Å². The molecule has 1 aromatic carbocycles. The van der Waals surface area contributed by atoms with Crippen molar-refractivity contribution in [2.24, 2.45) is 0 Å². The number of nitrogens with one attached hydrogen (secondary N) is 1. The Labute approximate surface area is 236 Å². The first-order valence-electron chi connectivity index (χ1n) is 13.3. The van der Waals surface area contributed by atoms with Crippen LogP contribution < -0.4 is 15.8 Å². The van der Waals surface area contributed by atoms with E-state index in [9.17, 15) is 10.1 Å². The maximum atomic E-state index is 12.4. The molecule has 10 heteroatoms. The zero-order chi connectivity index (χ0) is 28.4. The molecule has 0 aliphatic carbocycles. The summed E-state index contributed by atoms with van der Waals surface area (Å²) in [7, 11) is 0. The average Bonchev–Trinajstić information content (AvgIpc) is 3.51. The van der Waals surface area contributed by atoms with Gasteiger partial charge in [0.15, 0.2) is 0 Å². The van der Waals surface area contributed by atoms with Crippen molar-refractivity contribution < 1.29 is 9.90 Å². The molecule has 3 aromatic heterocycles. The number of benzene rings is 1. The van der Waals surface area contributed by atoms with Crippen molar-refractivity contribution in [2.75, 3.05) is 18.0 Å². The van der Waals surface area contributed by atoms with Crippen LogP contribution in [0.5, 0.6) is 0 Å². The number of rotatable bonds is 4. The van der Waals surface area contributed by atoms with Crippen molar-refractivity contribution in [1.82, 2.24) is 20.1 Å². The molecule has 0 saturated carbocycles. The number of pyridine rings is 1. The van der Waals surface area contributed by atoms with E-state index < -0.39 is 0 Å². The number of anilines is 1. The lowest BCUT2D eigenvalue weighted by atomic mass is 9.90. The zero-order valence-electron chi connectivity index (χ0n) is 22.8. The monoisotopic (exact) mass is 556 g/mol. The van der Waals surface area contributed by atoms with Gasteiger partial charge in [-0.05, 0) is 75.4 Å². The molecule has 2 aliphatic heterocycles. The predicted octanol–water partition coefficient (Wildman–Crippen LogP) is 4.34. The van der Waals surface area contributed by atoms with Crippen LogP contribution in [0.4, 0.5) is 5.69 Å². The van der Waals surface area contributed by atoms with E-state index in [2.05, 4.69) is 58.4 Å². The Morgan fingerprint density at radius 1 is 1.27 bits per heavy atom. The lowest BCUT2D eigenvalue weighted by Crippen LogP contribution is -2.40. The molecule has 206 valence electrons. The van der Waals surface area contributed by atoms with Crippen LogP contribution in [0, 0.1) is 18.3 Å². The number of hydrogen-bond acceptors (Lipinski definition) is 8. The second-order valence-corrected chi connectivity index (χ2v) is 12.1. The molecular formula is C30H32N6O3S. The van der Waals surface area contributed by atoms with E-state index >= 15 is 0 Å². The molecule has 0 unspecified atom stereocenters. The maximum Gasteiger partial charge on any atom is 0.290 e. The van der Waals surface area contributed by atoms with Gasteiger partial charge in [0.05, 0.1) is 34.6 Å². The van der Waals surface area contributed by atoms with Crippen molar-refractivity contribution in [3.63, 3.8) is 0 Å². The highest BCUT2D eigenvalue weighted by Gasteiger charge is 2.36. The van der Waals surface area contributed by atoms with Crippen LogP contribution in [0.2, 0.25) is 0 Å². The van der Waals surface area contributed by atoms with E-state index in [1.54, 1.807) is 23.6 Å².